The number of ether oxygens (including phenoxy) is 1. The maximum Gasteiger partial charge on any atom is 0.295 e. The molecular weight excluding hydrogens is 182 g/mol. The molecule has 4 heteroatoms. The minimum absolute atomic E-state index is 0.196. The van der Waals surface area contributed by atoms with E-state index in [-0.39, 0.29) is 18.6 Å². The molecule has 0 saturated carbocycles. The van der Waals surface area contributed by atoms with Gasteiger partial charge in [-0.2, -0.15) is 0 Å². The number of carbonyl (C=O) groups excluding carboxylic acids is 1. The van der Waals surface area contributed by atoms with Crippen LogP contribution in [-0.2, 0) is 9.53 Å². The lowest BCUT2D eigenvalue weighted by Gasteiger charge is -2.25. The molecule has 0 aromatic heterocycles. The van der Waals surface area contributed by atoms with Gasteiger partial charge in [-0.1, -0.05) is 5.92 Å². The van der Waals surface area contributed by atoms with Crippen molar-refractivity contribution in [3.8, 4) is 11.8 Å². The molecule has 2 atom stereocenters. The lowest BCUT2D eigenvalue weighted by Crippen LogP contribution is -2.47. The Labute approximate surface area is 83.6 Å². The van der Waals surface area contributed by atoms with E-state index in [9.17, 15) is 9.90 Å². The summed E-state index contributed by atoms with van der Waals surface area (Å²) in [4.78, 5) is 11.0. The van der Waals surface area contributed by atoms with Crippen LogP contribution >= 0.6 is 0 Å². The first-order chi connectivity index (χ1) is 6.58. The van der Waals surface area contributed by atoms with Crippen molar-refractivity contribution in [3.05, 3.63) is 0 Å². The van der Waals surface area contributed by atoms with Crippen LogP contribution in [0.1, 0.15) is 20.3 Å². The normalized spacial score (nSPS) is 30.6. The molecule has 1 fully saturated rings. The maximum atomic E-state index is 11.0. The molecule has 4 nitrogen and oxygen atoms in total. The Morgan fingerprint density at radius 2 is 2.50 bits per heavy atom. The van der Waals surface area contributed by atoms with Gasteiger partial charge in [0.2, 0.25) is 0 Å². The SMILES string of the molecule is CC#CC(=O)NCC1(O)CCOC1C. The molecule has 0 aliphatic carbocycles. The van der Waals surface area contributed by atoms with Gasteiger partial charge in [-0.15, -0.1) is 0 Å². The average Bonchev–Trinajstić information content (AvgIpc) is 2.46. The molecule has 14 heavy (non-hydrogen) atoms. The number of nitrogens with one attached hydrogen (secondary N) is 1. The van der Waals surface area contributed by atoms with Gasteiger partial charge < -0.3 is 15.2 Å². The smallest absolute Gasteiger partial charge is 0.295 e. The van der Waals surface area contributed by atoms with Crippen LogP contribution in [0.2, 0.25) is 0 Å². The highest BCUT2D eigenvalue weighted by Gasteiger charge is 2.39. The van der Waals surface area contributed by atoms with E-state index >= 15 is 0 Å². The van der Waals surface area contributed by atoms with Gasteiger partial charge in [0.1, 0.15) is 5.60 Å². The third-order valence-electron chi connectivity index (χ3n) is 2.45. The van der Waals surface area contributed by atoms with E-state index < -0.39 is 5.60 Å². The predicted molar refractivity (Wildman–Crippen MR) is 51.4 cm³/mol. The van der Waals surface area contributed by atoms with E-state index in [0.717, 1.165) is 0 Å². The molecule has 1 rings (SSSR count). The van der Waals surface area contributed by atoms with E-state index in [2.05, 4.69) is 17.2 Å². The Balaban J connectivity index is 2.43. The minimum Gasteiger partial charge on any atom is -0.385 e. The summed E-state index contributed by atoms with van der Waals surface area (Å²) in [5, 5.41) is 12.5. The van der Waals surface area contributed by atoms with Crippen molar-refractivity contribution >= 4 is 5.91 Å². The van der Waals surface area contributed by atoms with E-state index in [1.807, 2.05) is 0 Å². The van der Waals surface area contributed by atoms with Crippen LogP contribution in [0.25, 0.3) is 0 Å². The predicted octanol–water partition coefficient (Wildman–Crippen LogP) is -0.334. The van der Waals surface area contributed by atoms with Crippen LogP contribution in [0.4, 0.5) is 0 Å². The third-order valence-corrected chi connectivity index (χ3v) is 2.45. The van der Waals surface area contributed by atoms with Gasteiger partial charge in [-0.05, 0) is 19.8 Å². The summed E-state index contributed by atoms with van der Waals surface area (Å²) < 4.78 is 5.22. The molecule has 1 saturated heterocycles. The highest BCUT2D eigenvalue weighted by atomic mass is 16.5. The Morgan fingerprint density at radius 3 is 3.00 bits per heavy atom. The van der Waals surface area contributed by atoms with E-state index in [4.69, 9.17) is 4.74 Å². The zero-order valence-corrected chi connectivity index (χ0v) is 8.46. The van der Waals surface area contributed by atoms with Crippen molar-refractivity contribution in [2.24, 2.45) is 0 Å². The van der Waals surface area contributed by atoms with E-state index in [1.165, 1.54) is 0 Å². The summed E-state index contributed by atoms with van der Waals surface area (Å²) >= 11 is 0. The quantitative estimate of drug-likeness (QED) is 0.596. The lowest BCUT2D eigenvalue weighted by molar-refractivity contribution is -0.117. The van der Waals surface area contributed by atoms with Crippen molar-refractivity contribution in [2.45, 2.75) is 32.0 Å². The number of carbonyl (C=O) groups is 1. The first-order valence-electron chi connectivity index (χ1n) is 4.63. The molecule has 0 spiro atoms. The van der Waals surface area contributed by atoms with Gasteiger partial charge in [-0.3, -0.25) is 4.79 Å². The summed E-state index contributed by atoms with van der Waals surface area (Å²) in [7, 11) is 0. The molecule has 2 N–H and O–H groups in total. The van der Waals surface area contributed by atoms with Crippen molar-refractivity contribution in [3.63, 3.8) is 0 Å². The average molecular weight is 197 g/mol. The van der Waals surface area contributed by atoms with Crippen LogP contribution in [0, 0.1) is 11.8 Å². The number of amides is 1. The van der Waals surface area contributed by atoms with Crippen LogP contribution in [-0.4, -0.2) is 35.9 Å². The van der Waals surface area contributed by atoms with Gasteiger partial charge in [0.05, 0.1) is 6.10 Å². The van der Waals surface area contributed by atoms with E-state index in [0.29, 0.717) is 13.0 Å². The Bertz CT molecular complexity index is 279. The molecule has 0 aromatic rings. The number of hydrogen-bond donors (Lipinski definition) is 2. The highest BCUT2D eigenvalue weighted by molar-refractivity contribution is 5.93. The number of aliphatic hydroxyl groups is 1. The first-order valence-corrected chi connectivity index (χ1v) is 4.63. The van der Waals surface area contributed by atoms with Gasteiger partial charge in [-0.25, -0.2) is 0 Å². The second-order valence-corrected chi connectivity index (χ2v) is 3.42. The Kier molecular flexibility index (Phi) is 3.50. The van der Waals surface area contributed by atoms with Crippen molar-refractivity contribution in [1.29, 1.82) is 0 Å². The lowest BCUT2D eigenvalue weighted by atomic mass is 9.97. The summed E-state index contributed by atoms with van der Waals surface area (Å²) in [6, 6.07) is 0. The molecule has 1 aliphatic rings. The van der Waals surface area contributed by atoms with Gasteiger partial charge in [0.25, 0.3) is 5.91 Å². The fourth-order valence-electron chi connectivity index (χ4n) is 1.39. The molecule has 0 aromatic carbocycles. The molecule has 78 valence electrons. The summed E-state index contributed by atoms with van der Waals surface area (Å²) in [6.07, 6.45) is 0.311. The maximum absolute atomic E-state index is 11.0. The number of hydrogen-bond acceptors (Lipinski definition) is 3. The zero-order valence-electron chi connectivity index (χ0n) is 8.46. The van der Waals surface area contributed by atoms with Crippen LogP contribution in [0.5, 0.6) is 0 Å². The molecule has 0 radical (unpaired) electrons. The van der Waals surface area contributed by atoms with Crippen LogP contribution in [0.3, 0.4) is 0 Å². The third kappa shape index (κ3) is 2.47. The van der Waals surface area contributed by atoms with Crippen molar-refractivity contribution < 1.29 is 14.6 Å². The van der Waals surface area contributed by atoms with Crippen LogP contribution in [0.15, 0.2) is 0 Å². The highest BCUT2D eigenvalue weighted by Crippen LogP contribution is 2.24. The molecule has 1 heterocycles. The molecule has 1 amide bonds. The fourth-order valence-corrected chi connectivity index (χ4v) is 1.39. The van der Waals surface area contributed by atoms with Crippen molar-refractivity contribution in [1.82, 2.24) is 5.32 Å². The van der Waals surface area contributed by atoms with Gasteiger partial charge >= 0.3 is 0 Å². The second-order valence-electron chi connectivity index (χ2n) is 3.42. The topological polar surface area (TPSA) is 58.6 Å². The first kappa shape index (κ1) is 11.0. The van der Waals surface area contributed by atoms with Crippen molar-refractivity contribution in [2.75, 3.05) is 13.2 Å². The standard InChI is InChI=1S/C10H15NO3/c1-3-4-9(12)11-7-10(13)5-6-14-8(10)2/h8,13H,5-7H2,1-2H3,(H,11,12). The van der Waals surface area contributed by atoms with E-state index in [1.54, 1.807) is 13.8 Å². The monoisotopic (exact) mass is 197 g/mol. The number of rotatable bonds is 2. The minimum atomic E-state index is -0.939. The Morgan fingerprint density at radius 1 is 1.79 bits per heavy atom. The molecule has 0 bridgehead atoms. The summed E-state index contributed by atoms with van der Waals surface area (Å²) in [5.41, 5.74) is -0.939. The molecule has 2 unspecified atom stereocenters. The summed E-state index contributed by atoms with van der Waals surface area (Å²) in [6.45, 7) is 4.12. The van der Waals surface area contributed by atoms with Gasteiger partial charge in [0.15, 0.2) is 0 Å². The Hall–Kier alpha value is -1.05. The summed E-state index contributed by atoms with van der Waals surface area (Å²) in [5.74, 6) is 4.48. The molecule has 1 aliphatic heterocycles. The second kappa shape index (κ2) is 4.45. The fraction of sp³-hybridized carbons (Fsp3) is 0.700. The zero-order chi connectivity index (χ0) is 10.6. The van der Waals surface area contributed by atoms with Gasteiger partial charge in [0, 0.05) is 19.6 Å². The molecular formula is C10H15NO3. The largest absolute Gasteiger partial charge is 0.385 e. The van der Waals surface area contributed by atoms with Crippen LogP contribution < -0.4 is 5.32 Å².